The fraction of sp³-hybridized carbons (Fsp3) is 0.300. The third-order valence-electron chi connectivity index (χ3n) is 3.63. The van der Waals surface area contributed by atoms with Gasteiger partial charge >= 0.3 is 0 Å². The molecular weight excluding hydrogens is 300 g/mol. The van der Waals surface area contributed by atoms with Crippen molar-refractivity contribution < 1.29 is 9.53 Å². The summed E-state index contributed by atoms with van der Waals surface area (Å²) in [6, 6.07) is 16.0. The second-order valence-corrected chi connectivity index (χ2v) is 5.58. The lowest BCUT2D eigenvalue weighted by Crippen LogP contribution is -2.11. The molecule has 0 aliphatic heterocycles. The van der Waals surface area contributed by atoms with Gasteiger partial charge in [0.1, 0.15) is 5.75 Å². The molecule has 0 aliphatic carbocycles. The summed E-state index contributed by atoms with van der Waals surface area (Å²) in [4.78, 5) is 12.2. The largest absolute Gasteiger partial charge is 0.494 e. The van der Waals surface area contributed by atoms with Gasteiger partial charge < -0.3 is 10.1 Å². The molecule has 1 amide bonds. The molecule has 0 saturated carbocycles. The Bertz CT molecular complexity index is 702. The molecule has 0 atom stereocenters. The van der Waals surface area contributed by atoms with Gasteiger partial charge in [0.2, 0.25) is 0 Å². The van der Waals surface area contributed by atoms with Crippen LogP contribution in [-0.2, 0) is 0 Å². The van der Waals surface area contributed by atoms with Crippen molar-refractivity contribution in [1.82, 2.24) is 0 Å². The van der Waals surface area contributed by atoms with E-state index in [1.165, 1.54) is 19.3 Å². The van der Waals surface area contributed by atoms with Crippen LogP contribution < -0.4 is 10.1 Å². The Morgan fingerprint density at radius 2 is 1.92 bits per heavy atom. The molecule has 4 nitrogen and oxygen atoms in total. The summed E-state index contributed by atoms with van der Waals surface area (Å²) in [6.07, 6.45) is 4.67. The van der Waals surface area contributed by atoms with Crippen molar-refractivity contribution in [3.05, 3.63) is 59.7 Å². The number of hydrogen-bond acceptors (Lipinski definition) is 3. The molecule has 0 heterocycles. The van der Waals surface area contributed by atoms with Crippen molar-refractivity contribution in [2.24, 2.45) is 0 Å². The highest BCUT2D eigenvalue weighted by Gasteiger charge is 2.06. The topological polar surface area (TPSA) is 62.1 Å². The maximum atomic E-state index is 12.2. The Balaban J connectivity index is 1.87. The predicted molar refractivity (Wildman–Crippen MR) is 95.2 cm³/mol. The van der Waals surface area contributed by atoms with Crippen LogP contribution in [0.15, 0.2) is 48.5 Å². The summed E-state index contributed by atoms with van der Waals surface area (Å²) in [5, 5.41) is 11.7. The molecule has 1 N–H and O–H groups in total. The lowest BCUT2D eigenvalue weighted by molar-refractivity contribution is 0.102. The number of anilines is 1. The summed E-state index contributed by atoms with van der Waals surface area (Å²) in [5.74, 6) is 0.564. The summed E-state index contributed by atoms with van der Waals surface area (Å²) in [7, 11) is 0. The number of unbranched alkanes of at least 4 members (excludes halogenated alkanes) is 3. The lowest BCUT2D eigenvalue weighted by Gasteiger charge is -2.08. The zero-order valence-corrected chi connectivity index (χ0v) is 13.9. The normalized spacial score (nSPS) is 10.0. The fourth-order valence-electron chi connectivity index (χ4n) is 2.29. The van der Waals surface area contributed by atoms with E-state index in [2.05, 4.69) is 18.3 Å². The predicted octanol–water partition coefficient (Wildman–Crippen LogP) is 4.77. The van der Waals surface area contributed by atoms with E-state index < -0.39 is 0 Å². The van der Waals surface area contributed by atoms with E-state index in [0.717, 1.165) is 12.2 Å². The molecule has 4 heteroatoms. The second-order valence-electron chi connectivity index (χ2n) is 5.58. The minimum Gasteiger partial charge on any atom is -0.494 e. The van der Waals surface area contributed by atoms with E-state index in [0.29, 0.717) is 23.4 Å². The molecule has 0 spiro atoms. The molecule has 0 radical (unpaired) electrons. The highest BCUT2D eigenvalue weighted by atomic mass is 16.5. The summed E-state index contributed by atoms with van der Waals surface area (Å²) in [5.41, 5.74) is 1.67. The Morgan fingerprint density at radius 1 is 1.12 bits per heavy atom. The standard InChI is InChI=1S/C20H22N2O2/c1-2-3-4-5-13-24-19-11-9-17(10-12-19)20(23)22-18-8-6-7-16(14-18)15-21/h6-12,14H,2-5,13H2,1H3,(H,22,23). The zero-order chi connectivity index (χ0) is 17.2. The van der Waals surface area contributed by atoms with Gasteiger partial charge in [-0.2, -0.15) is 5.26 Å². The van der Waals surface area contributed by atoms with Gasteiger partial charge in [0.25, 0.3) is 5.91 Å². The molecule has 0 saturated heterocycles. The second kappa shape index (κ2) is 9.36. The lowest BCUT2D eigenvalue weighted by atomic mass is 10.2. The molecule has 0 bridgehead atoms. The Hall–Kier alpha value is -2.80. The number of hydrogen-bond donors (Lipinski definition) is 1. The number of nitrogens with one attached hydrogen (secondary N) is 1. The van der Waals surface area contributed by atoms with Crippen LogP contribution >= 0.6 is 0 Å². The van der Waals surface area contributed by atoms with Gasteiger partial charge in [0, 0.05) is 11.3 Å². The summed E-state index contributed by atoms with van der Waals surface area (Å²) >= 11 is 0. The van der Waals surface area contributed by atoms with Crippen molar-refractivity contribution in [2.75, 3.05) is 11.9 Å². The number of rotatable bonds is 8. The first-order valence-corrected chi connectivity index (χ1v) is 8.27. The zero-order valence-electron chi connectivity index (χ0n) is 13.9. The van der Waals surface area contributed by atoms with Gasteiger partial charge in [-0.15, -0.1) is 0 Å². The number of nitriles is 1. The molecule has 2 aromatic carbocycles. The highest BCUT2D eigenvalue weighted by molar-refractivity contribution is 6.04. The number of carbonyl (C=O) groups excluding carboxylic acids is 1. The van der Waals surface area contributed by atoms with Gasteiger partial charge in [0.05, 0.1) is 18.2 Å². The number of benzene rings is 2. The molecule has 0 unspecified atom stereocenters. The molecule has 2 aromatic rings. The molecule has 0 aromatic heterocycles. The minimum atomic E-state index is -0.209. The van der Waals surface area contributed by atoms with Crippen LogP contribution in [0, 0.1) is 11.3 Å². The first-order chi connectivity index (χ1) is 11.7. The molecule has 124 valence electrons. The van der Waals surface area contributed by atoms with E-state index in [9.17, 15) is 4.79 Å². The summed E-state index contributed by atoms with van der Waals surface area (Å²) in [6.45, 7) is 2.88. The van der Waals surface area contributed by atoms with Crippen molar-refractivity contribution >= 4 is 11.6 Å². The molecule has 0 fully saturated rings. The van der Waals surface area contributed by atoms with Crippen molar-refractivity contribution in [3.8, 4) is 11.8 Å². The van der Waals surface area contributed by atoms with E-state index >= 15 is 0 Å². The van der Waals surface area contributed by atoms with Gasteiger partial charge in [0.15, 0.2) is 0 Å². The smallest absolute Gasteiger partial charge is 0.255 e. The van der Waals surface area contributed by atoms with Crippen molar-refractivity contribution in [3.63, 3.8) is 0 Å². The van der Waals surface area contributed by atoms with E-state index in [1.807, 2.05) is 0 Å². The van der Waals surface area contributed by atoms with Crippen LogP contribution in [0.3, 0.4) is 0 Å². The Kier molecular flexibility index (Phi) is 6.85. The minimum absolute atomic E-state index is 0.209. The van der Waals surface area contributed by atoms with Gasteiger partial charge in [-0.3, -0.25) is 4.79 Å². The molecule has 24 heavy (non-hydrogen) atoms. The number of carbonyl (C=O) groups is 1. The third kappa shape index (κ3) is 5.44. The molecule has 0 aliphatic rings. The molecular formula is C20H22N2O2. The average molecular weight is 322 g/mol. The number of ether oxygens (including phenoxy) is 1. The number of amides is 1. The average Bonchev–Trinajstić information content (AvgIpc) is 2.62. The van der Waals surface area contributed by atoms with Crippen LogP contribution in [0.2, 0.25) is 0 Å². The van der Waals surface area contributed by atoms with Crippen LogP contribution in [0.4, 0.5) is 5.69 Å². The Labute approximate surface area is 143 Å². The van der Waals surface area contributed by atoms with Crippen LogP contribution in [0.5, 0.6) is 5.75 Å². The number of nitrogens with zero attached hydrogens (tertiary/aromatic N) is 1. The van der Waals surface area contributed by atoms with E-state index in [1.54, 1.807) is 48.5 Å². The third-order valence-corrected chi connectivity index (χ3v) is 3.63. The van der Waals surface area contributed by atoms with Crippen LogP contribution in [0.1, 0.15) is 48.5 Å². The highest BCUT2D eigenvalue weighted by Crippen LogP contribution is 2.15. The molecule has 2 rings (SSSR count). The maximum Gasteiger partial charge on any atom is 0.255 e. The van der Waals surface area contributed by atoms with Gasteiger partial charge in [-0.05, 0) is 48.9 Å². The SMILES string of the molecule is CCCCCCOc1ccc(C(=O)Nc2cccc(C#N)c2)cc1. The first-order valence-electron chi connectivity index (χ1n) is 8.27. The quantitative estimate of drug-likeness (QED) is 0.712. The van der Waals surface area contributed by atoms with Crippen molar-refractivity contribution in [1.29, 1.82) is 5.26 Å². The fourth-order valence-corrected chi connectivity index (χ4v) is 2.29. The van der Waals surface area contributed by atoms with Crippen LogP contribution in [-0.4, -0.2) is 12.5 Å². The monoisotopic (exact) mass is 322 g/mol. The van der Waals surface area contributed by atoms with Crippen LogP contribution in [0.25, 0.3) is 0 Å². The first kappa shape index (κ1) is 17.6. The van der Waals surface area contributed by atoms with Gasteiger partial charge in [-0.25, -0.2) is 0 Å². The van der Waals surface area contributed by atoms with E-state index in [4.69, 9.17) is 10.00 Å². The van der Waals surface area contributed by atoms with Gasteiger partial charge in [-0.1, -0.05) is 32.3 Å². The summed E-state index contributed by atoms with van der Waals surface area (Å²) < 4.78 is 5.67. The van der Waals surface area contributed by atoms with E-state index in [-0.39, 0.29) is 5.91 Å². The Morgan fingerprint density at radius 3 is 2.62 bits per heavy atom. The van der Waals surface area contributed by atoms with Crippen molar-refractivity contribution in [2.45, 2.75) is 32.6 Å². The maximum absolute atomic E-state index is 12.2.